The number of pyridine rings is 1. The lowest BCUT2D eigenvalue weighted by molar-refractivity contribution is -0.118. The Balaban J connectivity index is 1.52. The Morgan fingerprint density at radius 2 is 1.81 bits per heavy atom. The largest absolute Gasteiger partial charge is 0.282 e. The van der Waals surface area contributed by atoms with Gasteiger partial charge in [-0.25, -0.2) is 4.98 Å². The highest BCUT2D eigenvalue weighted by molar-refractivity contribution is 7.23. The molecule has 3 aromatic carbocycles. The number of amides is 1. The van der Waals surface area contributed by atoms with Crippen molar-refractivity contribution in [1.82, 2.24) is 9.97 Å². The molecule has 0 fully saturated rings. The zero-order chi connectivity index (χ0) is 22.1. The van der Waals surface area contributed by atoms with Crippen LogP contribution in [0.3, 0.4) is 0 Å². The first-order valence-electron chi connectivity index (χ1n) is 10.3. The Bertz CT molecular complexity index is 1390. The van der Waals surface area contributed by atoms with Gasteiger partial charge in [0.2, 0.25) is 5.91 Å². The Hall–Kier alpha value is -3.28. The SMILES string of the molecule is Cc1ccc(Cl)c2sc(N(Cc3ccccn3)C(=O)Cc3ccc4ccccc4c3)nc12. The first kappa shape index (κ1) is 20.6. The highest BCUT2D eigenvalue weighted by Gasteiger charge is 2.22. The van der Waals surface area contributed by atoms with Crippen LogP contribution < -0.4 is 4.90 Å². The van der Waals surface area contributed by atoms with Crippen molar-refractivity contribution in [3.05, 3.63) is 101 Å². The van der Waals surface area contributed by atoms with E-state index in [0.717, 1.165) is 37.8 Å². The van der Waals surface area contributed by atoms with Crippen LogP contribution in [0.5, 0.6) is 0 Å². The van der Waals surface area contributed by atoms with Gasteiger partial charge in [0.1, 0.15) is 0 Å². The lowest BCUT2D eigenvalue weighted by Gasteiger charge is -2.20. The second kappa shape index (κ2) is 8.69. The molecule has 4 nitrogen and oxygen atoms in total. The maximum atomic E-state index is 13.5. The van der Waals surface area contributed by atoms with Crippen LogP contribution >= 0.6 is 22.9 Å². The summed E-state index contributed by atoms with van der Waals surface area (Å²) in [7, 11) is 0. The predicted molar refractivity (Wildman–Crippen MR) is 132 cm³/mol. The third kappa shape index (κ3) is 4.09. The fourth-order valence-corrected chi connectivity index (χ4v) is 5.07. The van der Waals surface area contributed by atoms with Gasteiger partial charge in [0.25, 0.3) is 0 Å². The predicted octanol–water partition coefficient (Wildman–Crippen LogP) is 6.58. The summed E-state index contributed by atoms with van der Waals surface area (Å²) in [5, 5.41) is 3.56. The first-order chi connectivity index (χ1) is 15.6. The van der Waals surface area contributed by atoms with Crippen molar-refractivity contribution in [3.8, 4) is 0 Å². The molecular formula is C26H20ClN3OS. The number of aromatic nitrogens is 2. The number of aryl methyl sites for hydroxylation is 1. The van der Waals surface area contributed by atoms with E-state index in [1.165, 1.54) is 11.3 Å². The van der Waals surface area contributed by atoms with E-state index in [1.54, 1.807) is 11.1 Å². The van der Waals surface area contributed by atoms with Crippen LogP contribution in [0.15, 0.2) is 79.0 Å². The molecule has 5 aromatic rings. The van der Waals surface area contributed by atoms with Crippen LogP contribution in [0, 0.1) is 6.92 Å². The summed E-state index contributed by atoms with van der Waals surface area (Å²) in [6.45, 7) is 2.35. The van der Waals surface area contributed by atoms with Crippen molar-refractivity contribution in [1.29, 1.82) is 0 Å². The van der Waals surface area contributed by atoms with Gasteiger partial charge in [-0.3, -0.25) is 14.7 Å². The molecule has 0 aliphatic rings. The number of carbonyl (C=O) groups is 1. The molecule has 0 saturated heterocycles. The van der Waals surface area contributed by atoms with Crippen molar-refractivity contribution in [2.45, 2.75) is 19.9 Å². The lowest BCUT2D eigenvalue weighted by atomic mass is 10.0. The Labute approximate surface area is 195 Å². The molecule has 6 heteroatoms. The van der Waals surface area contributed by atoms with E-state index in [0.29, 0.717) is 16.7 Å². The summed E-state index contributed by atoms with van der Waals surface area (Å²) >= 11 is 7.87. The normalized spacial score (nSPS) is 11.2. The quantitative estimate of drug-likeness (QED) is 0.299. The number of nitrogens with zero attached hydrogens (tertiary/aromatic N) is 3. The average molecular weight is 458 g/mol. The summed E-state index contributed by atoms with van der Waals surface area (Å²) in [5.74, 6) is -0.0289. The molecule has 5 rings (SSSR count). The number of hydrogen-bond acceptors (Lipinski definition) is 4. The third-order valence-electron chi connectivity index (χ3n) is 5.43. The number of anilines is 1. The highest BCUT2D eigenvalue weighted by Crippen LogP contribution is 2.36. The standard InChI is InChI=1S/C26H20ClN3OS/c1-17-9-12-22(27)25-24(17)29-26(32-25)30(16-21-8-4-5-13-28-21)23(31)15-18-10-11-19-6-2-3-7-20(19)14-18/h2-14H,15-16H2,1H3. The zero-order valence-electron chi connectivity index (χ0n) is 17.5. The summed E-state index contributed by atoms with van der Waals surface area (Å²) in [6.07, 6.45) is 2.01. The number of fused-ring (bicyclic) bond motifs is 2. The van der Waals surface area contributed by atoms with Crippen LogP contribution in [-0.2, 0) is 17.8 Å². The number of rotatable bonds is 5. The molecule has 0 atom stereocenters. The molecule has 0 N–H and O–H groups in total. The van der Waals surface area contributed by atoms with Gasteiger partial charge in [0.05, 0.1) is 33.9 Å². The smallest absolute Gasteiger partial charge is 0.233 e. The van der Waals surface area contributed by atoms with E-state index < -0.39 is 0 Å². The lowest BCUT2D eigenvalue weighted by Crippen LogP contribution is -2.32. The summed E-state index contributed by atoms with van der Waals surface area (Å²) < 4.78 is 0.895. The maximum Gasteiger partial charge on any atom is 0.233 e. The fourth-order valence-electron chi connectivity index (χ4n) is 3.74. The second-order valence-electron chi connectivity index (χ2n) is 7.70. The van der Waals surface area contributed by atoms with Gasteiger partial charge < -0.3 is 0 Å². The van der Waals surface area contributed by atoms with Crippen molar-refractivity contribution in [2.75, 3.05) is 4.90 Å². The van der Waals surface area contributed by atoms with E-state index in [-0.39, 0.29) is 12.3 Å². The number of carbonyl (C=O) groups excluding carboxylic acids is 1. The monoisotopic (exact) mass is 457 g/mol. The minimum atomic E-state index is -0.0289. The molecule has 1 amide bonds. The van der Waals surface area contributed by atoms with Gasteiger partial charge in [0.15, 0.2) is 5.13 Å². The van der Waals surface area contributed by atoms with Crippen LogP contribution in [0.2, 0.25) is 5.02 Å². The van der Waals surface area contributed by atoms with Gasteiger partial charge >= 0.3 is 0 Å². The molecule has 0 unspecified atom stereocenters. The van der Waals surface area contributed by atoms with Crippen LogP contribution in [-0.4, -0.2) is 15.9 Å². The van der Waals surface area contributed by atoms with E-state index in [2.05, 4.69) is 29.2 Å². The molecular weight excluding hydrogens is 438 g/mol. The molecule has 32 heavy (non-hydrogen) atoms. The van der Waals surface area contributed by atoms with Gasteiger partial charge in [-0.05, 0) is 47.0 Å². The van der Waals surface area contributed by atoms with Crippen LogP contribution in [0.25, 0.3) is 21.0 Å². The fraction of sp³-hybridized carbons (Fsp3) is 0.115. The molecule has 2 aromatic heterocycles. The van der Waals surface area contributed by atoms with Crippen LogP contribution in [0.1, 0.15) is 16.8 Å². The molecule has 0 saturated carbocycles. The number of halogens is 1. The topological polar surface area (TPSA) is 46.1 Å². The van der Waals surface area contributed by atoms with E-state index >= 15 is 0 Å². The van der Waals surface area contributed by atoms with Crippen molar-refractivity contribution in [3.63, 3.8) is 0 Å². The number of benzene rings is 3. The summed E-state index contributed by atoms with van der Waals surface area (Å²) in [4.78, 5) is 24.5. The molecule has 2 heterocycles. The van der Waals surface area contributed by atoms with Gasteiger partial charge in [-0.15, -0.1) is 0 Å². The van der Waals surface area contributed by atoms with E-state index in [4.69, 9.17) is 16.6 Å². The van der Waals surface area contributed by atoms with Gasteiger partial charge in [0, 0.05) is 6.20 Å². The Morgan fingerprint density at radius 1 is 1.00 bits per heavy atom. The summed E-state index contributed by atoms with van der Waals surface area (Å²) in [5.41, 5.74) is 3.64. The van der Waals surface area contributed by atoms with E-state index in [1.807, 2.05) is 55.5 Å². The zero-order valence-corrected chi connectivity index (χ0v) is 19.0. The van der Waals surface area contributed by atoms with Crippen LogP contribution in [0.4, 0.5) is 5.13 Å². The maximum absolute atomic E-state index is 13.5. The Morgan fingerprint density at radius 3 is 2.59 bits per heavy atom. The molecule has 158 valence electrons. The number of hydrogen-bond donors (Lipinski definition) is 0. The molecule has 0 aliphatic heterocycles. The first-order valence-corrected chi connectivity index (χ1v) is 11.5. The van der Waals surface area contributed by atoms with Crippen molar-refractivity contribution < 1.29 is 4.79 Å². The van der Waals surface area contributed by atoms with Crippen molar-refractivity contribution in [2.24, 2.45) is 0 Å². The van der Waals surface area contributed by atoms with Crippen molar-refractivity contribution >= 4 is 55.0 Å². The minimum absolute atomic E-state index is 0.0289. The third-order valence-corrected chi connectivity index (χ3v) is 6.97. The second-order valence-corrected chi connectivity index (χ2v) is 9.08. The van der Waals surface area contributed by atoms with Gasteiger partial charge in [-0.1, -0.05) is 77.5 Å². The molecule has 0 radical (unpaired) electrons. The minimum Gasteiger partial charge on any atom is -0.282 e. The number of thiazole rings is 1. The average Bonchev–Trinajstić information content (AvgIpc) is 3.27. The summed E-state index contributed by atoms with van der Waals surface area (Å²) in [6, 6.07) is 23.8. The Kier molecular flexibility index (Phi) is 5.60. The van der Waals surface area contributed by atoms with Gasteiger partial charge in [-0.2, -0.15) is 0 Å². The highest BCUT2D eigenvalue weighted by atomic mass is 35.5. The molecule has 0 aliphatic carbocycles. The molecule has 0 bridgehead atoms. The molecule has 0 spiro atoms. The van der Waals surface area contributed by atoms with E-state index in [9.17, 15) is 4.79 Å².